The quantitative estimate of drug-likeness (QED) is 0.823. The molecule has 1 aliphatic heterocycles. The average Bonchev–Trinajstić information content (AvgIpc) is 2.60. The fourth-order valence-electron chi connectivity index (χ4n) is 2.60. The molecule has 2 amide bonds. The van der Waals surface area contributed by atoms with Crippen molar-refractivity contribution in [2.24, 2.45) is 0 Å². The van der Waals surface area contributed by atoms with Crippen LogP contribution < -0.4 is 10.6 Å². The maximum atomic E-state index is 13.9. The van der Waals surface area contributed by atoms with Crippen molar-refractivity contribution in [3.05, 3.63) is 53.1 Å². The minimum absolute atomic E-state index is 0.0196. The molecule has 0 fully saturated rings. The molecule has 2 heterocycles. The highest BCUT2D eigenvalue weighted by Crippen LogP contribution is 2.47. The number of hydrogen-bond acceptors (Lipinski definition) is 5. The minimum atomic E-state index is -5.01. The predicted octanol–water partition coefficient (Wildman–Crippen LogP) is 2.81. The lowest BCUT2D eigenvalue weighted by atomic mass is 9.89. The molecule has 27 heavy (non-hydrogen) atoms. The first-order valence-corrected chi connectivity index (χ1v) is 7.98. The Morgan fingerprint density at radius 3 is 2.67 bits per heavy atom. The van der Waals surface area contributed by atoms with Gasteiger partial charge in [0.15, 0.2) is 0 Å². The fourth-order valence-corrected chi connectivity index (χ4v) is 2.77. The molecule has 0 radical (unpaired) electrons. The summed E-state index contributed by atoms with van der Waals surface area (Å²) in [6.07, 6.45) is -3.83. The summed E-state index contributed by atoms with van der Waals surface area (Å²) in [5.41, 5.74) is -3.59. The second-order valence-corrected chi connectivity index (χ2v) is 6.08. The number of fused-ring (bicyclic) bond motifs is 1. The maximum absolute atomic E-state index is 13.9. The molecular weight excluding hydrogens is 389 g/mol. The lowest BCUT2D eigenvalue weighted by Gasteiger charge is -2.39. The summed E-state index contributed by atoms with van der Waals surface area (Å²) in [5, 5.41) is 4.35. The molecular formula is C16H12ClF3N4O3. The molecule has 0 saturated carbocycles. The number of ether oxygens (including phenoxy) is 1. The Morgan fingerprint density at radius 2 is 2.00 bits per heavy atom. The highest BCUT2D eigenvalue weighted by molar-refractivity contribution is 6.30. The number of aromatic nitrogens is 2. The number of amides is 2. The van der Waals surface area contributed by atoms with E-state index in [2.05, 4.69) is 25.3 Å². The van der Waals surface area contributed by atoms with Gasteiger partial charge in [-0.25, -0.2) is 14.8 Å². The number of nitrogens with zero attached hydrogens (tertiary/aromatic N) is 2. The summed E-state index contributed by atoms with van der Waals surface area (Å²) in [6.45, 7) is -1.02. The smallest absolute Gasteiger partial charge is 0.426 e. The third kappa shape index (κ3) is 3.80. The van der Waals surface area contributed by atoms with Gasteiger partial charge in [0.05, 0.1) is 18.7 Å². The number of nitrogens with one attached hydrogen (secondary N) is 2. The van der Waals surface area contributed by atoms with Crippen LogP contribution in [0.3, 0.4) is 0 Å². The summed E-state index contributed by atoms with van der Waals surface area (Å²) in [6, 6.07) is 5.14. The molecule has 1 unspecified atom stereocenters. The molecule has 2 aromatic rings. The number of alkyl halides is 3. The van der Waals surface area contributed by atoms with Crippen LogP contribution in [-0.2, 0) is 21.6 Å². The van der Waals surface area contributed by atoms with Gasteiger partial charge >= 0.3 is 12.3 Å². The van der Waals surface area contributed by atoms with Crippen LogP contribution in [0.4, 0.5) is 23.7 Å². The topological polar surface area (TPSA) is 93.2 Å². The van der Waals surface area contributed by atoms with Crippen molar-refractivity contribution in [1.82, 2.24) is 15.3 Å². The van der Waals surface area contributed by atoms with E-state index in [1.165, 1.54) is 30.6 Å². The van der Waals surface area contributed by atoms with E-state index in [1.807, 2.05) is 0 Å². The van der Waals surface area contributed by atoms with Crippen molar-refractivity contribution < 1.29 is 27.5 Å². The highest BCUT2D eigenvalue weighted by atomic mass is 35.5. The Labute approximate surface area is 155 Å². The van der Waals surface area contributed by atoms with Gasteiger partial charge in [-0.1, -0.05) is 11.6 Å². The monoisotopic (exact) mass is 400 g/mol. The van der Waals surface area contributed by atoms with Crippen LogP contribution in [0.25, 0.3) is 0 Å². The van der Waals surface area contributed by atoms with Crippen LogP contribution in [0.2, 0.25) is 5.02 Å². The van der Waals surface area contributed by atoms with Crippen LogP contribution in [0.15, 0.2) is 36.7 Å². The Kier molecular flexibility index (Phi) is 4.92. The molecule has 3 rings (SSSR count). The zero-order valence-electron chi connectivity index (χ0n) is 13.5. The van der Waals surface area contributed by atoms with Gasteiger partial charge in [0, 0.05) is 23.0 Å². The van der Waals surface area contributed by atoms with E-state index in [4.69, 9.17) is 11.6 Å². The molecule has 7 nitrogen and oxygen atoms in total. The van der Waals surface area contributed by atoms with Crippen molar-refractivity contribution in [2.45, 2.75) is 18.2 Å². The zero-order valence-corrected chi connectivity index (χ0v) is 14.3. The maximum Gasteiger partial charge on any atom is 0.434 e. The van der Waals surface area contributed by atoms with Crippen molar-refractivity contribution in [3.63, 3.8) is 0 Å². The zero-order chi connectivity index (χ0) is 19.7. The summed E-state index contributed by atoms with van der Waals surface area (Å²) in [4.78, 5) is 31.4. The van der Waals surface area contributed by atoms with Gasteiger partial charge in [-0.2, -0.15) is 13.2 Å². The van der Waals surface area contributed by atoms with Crippen LogP contribution in [0.1, 0.15) is 11.4 Å². The second kappa shape index (κ2) is 7.03. The lowest BCUT2D eigenvalue weighted by molar-refractivity contribution is -0.262. The number of benzene rings is 1. The molecule has 0 aliphatic carbocycles. The summed E-state index contributed by atoms with van der Waals surface area (Å²) in [5.74, 6) is -0.621. The Hall–Kier alpha value is -2.88. The first-order valence-electron chi connectivity index (χ1n) is 7.60. The van der Waals surface area contributed by atoms with Gasteiger partial charge in [-0.3, -0.25) is 10.1 Å². The standard InChI is InChI=1S/C16H12ClF3N4O3/c17-9-2-3-11-10(6-9)15(16(18,19)20,27-14(26)24-11)8-23-13(25)7-12-21-4-1-5-22-12/h1-6H,7-8H2,(H,23,25)(H,24,26). The molecule has 1 aliphatic rings. The van der Waals surface area contributed by atoms with Gasteiger partial charge in [0.2, 0.25) is 5.91 Å². The molecule has 0 bridgehead atoms. The SMILES string of the molecule is O=C(Cc1ncccn1)NCC1(C(F)(F)F)OC(=O)Nc2ccc(Cl)cc21. The molecule has 0 saturated heterocycles. The fraction of sp³-hybridized carbons (Fsp3) is 0.250. The van der Waals surface area contributed by atoms with Crippen LogP contribution in [0, 0.1) is 0 Å². The second-order valence-electron chi connectivity index (χ2n) is 5.65. The first kappa shape index (κ1) is 18.9. The molecule has 2 N–H and O–H groups in total. The van der Waals surface area contributed by atoms with E-state index in [0.29, 0.717) is 0 Å². The minimum Gasteiger partial charge on any atom is -0.426 e. The van der Waals surface area contributed by atoms with Crippen molar-refractivity contribution in [3.8, 4) is 0 Å². The number of hydrogen-bond donors (Lipinski definition) is 2. The summed E-state index contributed by atoms with van der Waals surface area (Å²) in [7, 11) is 0. The van der Waals surface area contributed by atoms with Crippen molar-refractivity contribution >= 4 is 29.3 Å². The van der Waals surface area contributed by atoms with Crippen LogP contribution in [-0.4, -0.2) is 34.7 Å². The number of cyclic esters (lactones) is 1. The number of halogens is 4. The highest BCUT2D eigenvalue weighted by Gasteiger charge is 2.62. The molecule has 1 aromatic heterocycles. The van der Waals surface area contributed by atoms with Gasteiger partial charge in [0.1, 0.15) is 5.82 Å². The van der Waals surface area contributed by atoms with E-state index >= 15 is 0 Å². The van der Waals surface area contributed by atoms with Gasteiger partial charge in [-0.05, 0) is 24.3 Å². The molecule has 142 valence electrons. The Balaban J connectivity index is 1.90. The first-order chi connectivity index (χ1) is 12.7. The van der Waals surface area contributed by atoms with Crippen LogP contribution >= 0.6 is 11.6 Å². The predicted molar refractivity (Wildman–Crippen MR) is 88.0 cm³/mol. The molecule has 0 spiro atoms. The van der Waals surface area contributed by atoms with Crippen molar-refractivity contribution in [1.29, 1.82) is 0 Å². The number of rotatable bonds is 4. The van der Waals surface area contributed by atoms with Crippen LogP contribution in [0.5, 0.6) is 0 Å². The van der Waals surface area contributed by atoms with E-state index in [-0.39, 0.29) is 23.0 Å². The molecule has 1 aromatic carbocycles. The number of carbonyl (C=O) groups excluding carboxylic acids is 2. The van der Waals surface area contributed by atoms with Gasteiger partial charge in [-0.15, -0.1) is 0 Å². The Bertz CT molecular complexity index is 879. The summed E-state index contributed by atoms with van der Waals surface area (Å²) < 4.78 is 46.4. The summed E-state index contributed by atoms with van der Waals surface area (Å²) >= 11 is 5.82. The normalized spacial score (nSPS) is 18.9. The number of carbonyl (C=O) groups is 2. The van der Waals surface area contributed by atoms with Gasteiger partial charge in [0.25, 0.3) is 5.60 Å². The third-order valence-corrected chi connectivity index (χ3v) is 4.09. The lowest BCUT2D eigenvalue weighted by Crippen LogP contribution is -2.56. The van der Waals surface area contributed by atoms with E-state index in [9.17, 15) is 22.8 Å². The van der Waals surface area contributed by atoms with Gasteiger partial charge < -0.3 is 10.1 Å². The number of anilines is 1. The van der Waals surface area contributed by atoms with Crippen molar-refractivity contribution in [2.75, 3.05) is 11.9 Å². The largest absolute Gasteiger partial charge is 0.434 e. The third-order valence-electron chi connectivity index (χ3n) is 3.85. The molecule has 1 atom stereocenters. The van der Waals surface area contributed by atoms with E-state index in [1.54, 1.807) is 0 Å². The average molecular weight is 401 g/mol. The van der Waals surface area contributed by atoms with E-state index < -0.39 is 35.9 Å². The van der Waals surface area contributed by atoms with E-state index in [0.717, 1.165) is 6.07 Å². The Morgan fingerprint density at radius 1 is 1.30 bits per heavy atom. The molecule has 11 heteroatoms.